The van der Waals surface area contributed by atoms with Gasteiger partial charge < -0.3 is 5.11 Å². The third-order valence-corrected chi connectivity index (χ3v) is 5.63. The first-order chi connectivity index (χ1) is 10.1. The van der Waals surface area contributed by atoms with Crippen LogP contribution in [0, 0.1) is 11.3 Å². The van der Waals surface area contributed by atoms with Gasteiger partial charge in [0, 0.05) is 16.7 Å². The van der Waals surface area contributed by atoms with Crippen molar-refractivity contribution >= 4 is 23.2 Å². The van der Waals surface area contributed by atoms with E-state index in [1.54, 1.807) is 6.07 Å². The Kier molecular flexibility index (Phi) is 6.40. The lowest BCUT2D eigenvalue weighted by atomic mass is 9.67. The Morgan fingerprint density at radius 3 is 2.52 bits per heavy atom. The first-order valence-electron chi connectivity index (χ1n) is 8.13. The molecule has 1 aromatic carbocycles. The van der Waals surface area contributed by atoms with Gasteiger partial charge in [0.05, 0.1) is 0 Å². The molecule has 1 nitrogen and oxygen atoms in total. The van der Waals surface area contributed by atoms with Gasteiger partial charge in [-0.15, -0.1) is 0 Å². The highest BCUT2D eigenvalue weighted by Crippen LogP contribution is 2.43. The van der Waals surface area contributed by atoms with Gasteiger partial charge in [0.2, 0.25) is 0 Å². The molecule has 0 aliphatic heterocycles. The first-order valence-corrected chi connectivity index (χ1v) is 8.89. The molecule has 1 aromatic rings. The Morgan fingerprint density at radius 2 is 1.95 bits per heavy atom. The molecule has 21 heavy (non-hydrogen) atoms. The van der Waals surface area contributed by atoms with Crippen LogP contribution in [0.25, 0.3) is 0 Å². The highest BCUT2D eigenvalue weighted by atomic mass is 35.5. The quantitative estimate of drug-likeness (QED) is 0.689. The molecule has 2 rings (SSSR count). The van der Waals surface area contributed by atoms with E-state index in [0.717, 1.165) is 35.8 Å². The van der Waals surface area contributed by atoms with Crippen LogP contribution in [0.15, 0.2) is 18.2 Å². The normalized spacial score (nSPS) is 26.0. The Balaban J connectivity index is 1.99. The highest BCUT2D eigenvalue weighted by Gasteiger charge is 2.35. The van der Waals surface area contributed by atoms with E-state index in [-0.39, 0.29) is 12.0 Å². The number of hydrogen-bond acceptors (Lipinski definition) is 1. The summed E-state index contributed by atoms with van der Waals surface area (Å²) in [6.07, 6.45) is 9.52. The van der Waals surface area contributed by atoms with Crippen LogP contribution in [0.5, 0.6) is 0 Å². The van der Waals surface area contributed by atoms with Crippen molar-refractivity contribution in [2.45, 2.75) is 58.3 Å². The zero-order valence-electron chi connectivity index (χ0n) is 12.9. The minimum atomic E-state index is 0.0141. The van der Waals surface area contributed by atoms with E-state index in [1.165, 1.54) is 32.1 Å². The van der Waals surface area contributed by atoms with Crippen molar-refractivity contribution in [2.75, 3.05) is 6.61 Å². The summed E-state index contributed by atoms with van der Waals surface area (Å²) in [5, 5.41) is 11.3. The van der Waals surface area contributed by atoms with Crippen LogP contribution < -0.4 is 0 Å². The van der Waals surface area contributed by atoms with Crippen LogP contribution >= 0.6 is 23.2 Å². The molecular weight excluding hydrogens is 303 g/mol. The van der Waals surface area contributed by atoms with E-state index in [1.807, 2.05) is 12.1 Å². The minimum absolute atomic E-state index is 0.0141. The second-order valence-electron chi connectivity index (χ2n) is 6.66. The first kappa shape index (κ1) is 17.1. The third-order valence-electron chi connectivity index (χ3n) is 5.05. The van der Waals surface area contributed by atoms with Gasteiger partial charge >= 0.3 is 0 Å². The molecule has 3 heteroatoms. The van der Waals surface area contributed by atoms with E-state index in [9.17, 15) is 5.11 Å². The predicted octanol–water partition coefficient (Wildman–Crippen LogP) is 5.90. The second-order valence-corrected chi connectivity index (χ2v) is 7.50. The van der Waals surface area contributed by atoms with Crippen molar-refractivity contribution in [3.63, 3.8) is 0 Å². The Morgan fingerprint density at radius 1 is 1.24 bits per heavy atom. The predicted molar refractivity (Wildman–Crippen MR) is 91.2 cm³/mol. The maximum absolute atomic E-state index is 9.94. The highest BCUT2D eigenvalue weighted by molar-refractivity contribution is 6.35. The molecule has 0 saturated heterocycles. The lowest BCUT2D eigenvalue weighted by Crippen LogP contribution is -2.33. The maximum Gasteiger partial charge on any atom is 0.0490 e. The largest absolute Gasteiger partial charge is 0.396 e. The fraction of sp³-hybridized carbons (Fsp3) is 0.667. The molecule has 0 amide bonds. The van der Waals surface area contributed by atoms with Crippen LogP contribution in [-0.2, 0) is 6.42 Å². The number of rotatable bonds is 6. The average molecular weight is 329 g/mol. The van der Waals surface area contributed by atoms with Crippen molar-refractivity contribution < 1.29 is 5.11 Å². The fourth-order valence-electron chi connectivity index (χ4n) is 3.53. The molecule has 0 atom stereocenters. The molecule has 118 valence electrons. The average Bonchev–Trinajstić information content (AvgIpc) is 2.49. The van der Waals surface area contributed by atoms with Crippen LogP contribution in [0.4, 0.5) is 0 Å². The zero-order chi connectivity index (χ0) is 15.3. The van der Waals surface area contributed by atoms with E-state index >= 15 is 0 Å². The van der Waals surface area contributed by atoms with Gasteiger partial charge in [-0.2, -0.15) is 0 Å². The molecule has 0 heterocycles. The molecule has 0 unspecified atom stereocenters. The summed E-state index contributed by atoms with van der Waals surface area (Å²) in [4.78, 5) is 0. The molecule has 1 fully saturated rings. The van der Waals surface area contributed by atoms with Gasteiger partial charge in [-0.3, -0.25) is 0 Å². The molecule has 1 aliphatic rings. The SMILES string of the molecule is CCCCC1CCC(CO)(Cc2ccc(Cl)cc2Cl)CC1. The standard InChI is InChI=1S/C18H26Cl2O/c1-2-3-4-14-7-9-18(13-21,10-8-14)12-15-5-6-16(19)11-17(15)20/h5-6,11,14,21H,2-4,7-10,12-13H2,1H3. The van der Waals surface area contributed by atoms with Crippen molar-refractivity contribution in [3.8, 4) is 0 Å². The topological polar surface area (TPSA) is 20.2 Å². The van der Waals surface area contributed by atoms with Gasteiger partial charge in [0.15, 0.2) is 0 Å². The van der Waals surface area contributed by atoms with Crippen LogP contribution in [0.3, 0.4) is 0 Å². The molecule has 0 aromatic heterocycles. The van der Waals surface area contributed by atoms with Gasteiger partial charge in [0.25, 0.3) is 0 Å². The lowest BCUT2D eigenvalue weighted by Gasteiger charge is -2.39. The molecule has 1 saturated carbocycles. The summed E-state index contributed by atoms with van der Waals surface area (Å²) < 4.78 is 0. The number of hydrogen-bond donors (Lipinski definition) is 1. The van der Waals surface area contributed by atoms with Crippen molar-refractivity contribution in [2.24, 2.45) is 11.3 Å². The van der Waals surface area contributed by atoms with Gasteiger partial charge in [-0.05, 0) is 61.1 Å². The van der Waals surface area contributed by atoms with Gasteiger partial charge in [0.1, 0.15) is 0 Å². The van der Waals surface area contributed by atoms with Crippen molar-refractivity contribution in [3.05, 3.63) is 33.8 Å². The summed E-state index contributed by atoms with van der Waals surface area (Å²) >= 11 is 12.3. The van der Waals surface area contributed by atoms with E-state index < -0.39 is 0 Å². The third kappa shape index (κ3) is 4.61. The van der Waals surface area contributed by atoms with Gasteiger partial charge in [-0.25, -0.2) is 0 Å². The van der Waals surface area contributed by atoms with E-state index in [2.05, 4.69) is 6.92 Å². The van der Waals surface area contributed by atoms with E-state index in [0.29, 0.717) is 5.02 Å². The summed E-state index contributed by atoms with van der Waals surface area (Å²) in [7, 11) is 0. The van der Waals surface area contributed by atoms with Gasteiger partial charge in [-0.1, -0.05) is 55.5 Å². The summed E-state index contributed by atoms with van der Waals surface area (Å²) in [6.45, 7) is 2.51. The Labute approximate surface area is 138 Å². The van der Waals surface area contributed by atoms with Crippen LogP contribution in [-0.4, -0.2) is 11.7 Å². The summed E-state index contributed by atoms with van der Waals surface area (Å²) in [5.74, 6) is 0.852. The molecule has 1 aliphatic carbocycles. The van der Waals surface area contributed by atoms with Crippen LogP contribution in [0.2, 0.25) is 10.0 Å². The van der Waals surface area contributed by atoms with Crippen molar-refractivity contribution in [1.29, 1.82) is 0 Å². The molecule has 0 bridgehead atoms. The van der Waals surface area contributed by atoms with Crippen molar-refractivity contribution in [1.82, 2.24) is 0 Å². The number of benzene rings is 1. The molecular formula is C18H26Cl2O. The number of unbranched alkanes of at least 4 members (excludes halogenated alkanes) is 1. The second kappa shape index (κ2) is 7.85. The molecule has 0 spiro atoms. The van der Waals surface area contributed by atoms with Crippen LogP contribution in [0.1, 0.15) is 57.4 Å². The summed E-state index contributed by atoms with van der Waals surface area (Å²) in [6, 6.07) is 5.70. The van der Waals surface area contributed by atoms with E-state index in [4.69, 9.17) is 23.2 Å². The summed E-state index contributed by atoms with van der Waals surface area (Å²) in [5.41, 5.74) is 1.13. The fourth-order valence-corrected chi connectivity index (χ4v) is 4.01. The smallest absolute Gasteiger partial charge is 0.0490 e. The zero-order valence-corrected chi connectivity index (χ0v) is 14.4. The monoisotopic (exact) mass is 328 g/mol. The Bertz CT molecular complexity index is 451. The Hall–Kier alpha value is -0.240. The number of aliphatic hydroxyl groups is 1. The lowest BCUT2D eigenvalue weighted by molar-refractivity contribution is 0.0621. The minimum Gasteiger partial charge on any atom is -0.396 e. The number of aliphatic hydroxyl groups excluding tert-OH is 1. The number of halogens is 2. The maximum atomic E-state index is 9.94. The molecule has 1 N–H and O–H groups in total. The molecule has 0 radical (unpaired) electrons.